The van der Waals surface area contributed by atoms with Crippen LogP contribution in [0.2, 0.25) is 0 Å². The summed E-state index contributed by atoms with van der Waals surface area (Å²) in [6.45, 7) is -0.453. The van der Waals surface area contributed by atoms with Crippen molar-refractivity contribution in [2.45, 2.75) is 51.0 Å². The Morgan fingerprint density at radius 2 is 1.67 bits per heavy atom. The molecule has 0 atom stereocenters. The van der Waals surface area contributed by atoms with Gasteiger partial charge < -0.3 is 10.1 Å². The minimum atomic E-state index is -2.95. The minimum absolute atomic E-state index is 0.161. The number of nitrogens with one attached hydrogen (secondary N) is 1. The molecule has 0 bridgehead atoms. The Morgan fingerprint density at radius 3 is 2.39 bits per heavy atom. The molecule has 1 heterocycles. The molecule has 0 spiro atoms. The second-order valence-electron chi connectivity index (χ2n) is 8.45. The van der Waals surface area contributed by atoms with E-state index in [2.05, 4.69) is 20.3 Å². The SMILES string of the molecule is Fc1ccc(CNc2nc(OCC(F)(F)CCC3CCCC3)nc(-c3ccccc3)n2)cc1. The van der Waals surface area contributed by atoms with E-state index in [0.717, 1.165) is 31.2 Å². The number of benzene rings is 2. The number of anilines is 1. The van der Waals surface area contributed by atoms with Crippen molar-refractivity contribution in [2.75, 3.05) is 11.9 Å². The standard InChI is InChI=1S/C25H27F3N4O/c26-21-12-10-19(11-13-21)16-29-23-30-22(20-8-2-1-3-9-20)31-24(32-23)33-17-25(27,28)15-14-18-6-4-5-7-18/h1-3,8-13,18H,4-7,14-17H2,(H,29,30,31,32). The first-order chi connectivity index (χ1) is 16.0. The lowest BCUT2D eigenvalue weighted by molar-refractivity contribution is -0.0540. The maximum Gasteiger partial charge on any atom is 0.322 e. The van der Waals surface area contributed by atoms with Gasteiger partial charge in [0.2, 0.25) is 5.95 Å². The summed E-state index contributed by atoms with van der Waals surface area (Å²) in [6, 6.07) is 15.0. The quantitative estimate of drug-likeness (QED) is 0.389. The Kier molecular flexibility index (Phi) is 7.42. The van der Waals surface area contributed by atoms with Gasteiger partial charge in [-0.15, -0.1) is 0 Å². The fraction of sp³-hybridized carbons (Fsp3) is 0.400. The van der Waals surface area contributed by atoms with Crippen molar-refractivity contribution >= 4 is 5.95 Å². The number of ether oxygens (including phenoxy) is 1. The lowest BCUT2D eigenvalue weighted by Crippen LogP contribution is -2.27. The van der Waals surface area contributed by atoms with E-state index >= 15 is 0 Å². The zero-order valence-electron chi connectivity index (χ0n) is 18.3. The third-order valence-electron chi connectivity index (χ3n) is 5.82. The van der Waals surface area contributed by atoms with Gasteiger partial charge in [0.25, 0.3) is 5.92 Å². The highest BCUT2D eigenvalue weighted by Crippen LogP contribution is 2.32. The van der Waals surface area contributed by atoms with E-state index in [-0.39, 0.29) is 24.2 Å². The molecule has 1 aliphatic carbocycles. The van der Waals surface area contributed by atoms with Crippen molar-refractivity contribution in [2.24, 2.45) is 5.92 Å². The van der Waals surface area contributed by atoms with Crippen LogP contribution in [-0.4, -0.2) is 27.5 Å². The van der Waals surface area contributed by atoms with Crippen molar-refractivity contribution in [3.63, 3.8) is 0 Å². The predicted molar refractivity (Wildman–Crippen MR) is 121 cm³/mol. The second kappa shape index (κ2) is 10.6. The molecule has 0 unspecified atom stereocenters. The molecular formula is C25H27F3N4O. The number of hydrogen-bond acceptors (Lipinski definition) is 5. The fourth-order valence-corrected chi connectivity index (χ4v) is 3.96. The molecule has 8 heteroatoms. The smallest absolute Gasteiger partial charge is 0.322 e. The number of halogens is 3. The Hall–Kier alpha value is -3.16. The van der Waals surface area contributed by atoms with E-state index in [4.69, 9.17) is 4.74 Å². The molecule has 2 aromatic carbocycles. The summed E-state index contributed by atoms with van der Waals surface area (Å²) in [7, 11) is 0. The van der Waals surface area contributed by atoms with Crippen molar-refractivity contribution in [3.05, 3.63) is 66.0 Å². The van der Waals surface area contributed by atoms with Crippen molar-refractivity contribution in [1.82, 2.24) is 15.0 Å². The Morgan fingerprint density at radius 1 is 0.939 bits per heavy atom. The molecule has 1 aliphatic rings. The van der Waals surface area contributed by atoms with Gasteiger partial charge in [-0.3, -0.25) is 0 Å². The van der Waals surface area contributed by atoms with E-state index in [9.17, 15) is 13.2 Å². The molecule has 5 nitrogen and oxygen atoms in total. The molecule has 1 fully saturated rings. The molecule has 0 aliphatic heterocycles. The molecule has 0 radical (unpaired) electrons. The summed E-state index contributed by atoms with van der Waals surface area (Å²) >= 11 is 0. The summed E-state index contributed by atoms with van der Waals surface area (Å²) in [4.78, 5) is 12.8. The molecule has 33 heavy (non-hydrogen) atoms. The van der Waals surface area contributed by atoms with Gasteiger partial charge in [0, 0.05) is 18.5 Å². The van der Waals surface area contributed by atoms with E-state index in [1.54, 1.807) is 12.1 Å². The maximum atomic E-state index is 14.4. The summed E-state index contributed by atoms with van der Waals surface area (Å²) in [5, 5.41) is 3.04. The summed E-state index contributed by atoms with van der Waals surface area (Å²) < 4.78 is 47.4. The third-order valence-corrected chi connectivity index (χ3v) is 5.82. The molecule has 1 N–H and O–H groups in total. The van der Waals surface area contributed by atoms with Crippen LogP contribution in [-0.2, 0) is 6.54 Å². The maximum absolute atomic E-state index is 14.4. The number of alkyl halides is 2. The van der Waals surface area contributed by atoms with E-state index in [1.807, 2.05) is 30.3 Å². The predicted octanol–water partition coefficient (Wildman–Crippen LogP) is 6.27. The largest absolute Gasteiger partial charge is 0.457 e. The first-order valence-electron chi connectivity index (χ1n) is 11.3. The van der Waals surface area contributed by atoms with Gasteiger partial charge in [-0.25, -0.2) is 13.2 Å². The fourth-order valence-electron chi connectivity index (χ4n) is 3.96. The van der Waals surface area contributed by atoms with E-state index in [0.29, 0.717) is 30.3 Å². The van der Waals surface area contributed by atoms with E-state index in [1.165, 1.54) is 12.1 Å². The Bertz CT molecular complexity index is 1030. The zero-order valence-corrected chi connectivity index (χ0v) is 18.3. The number of rotatable bonds is 10. The first kappa shape index (κ1) is 23.0. The molecule has 3 aromatic rings. The number of hydrogen-bond donors (Lipinski definition) is 1. The summed E-state index contributed by atoms with van der Waals surface area (Å²) in [6.07, 6.45) is 4.64. The zero-order chi connectivity index (χ0) is 23.1. The van der Waals surface area contributed by atoms with Crippen LogP contribution in [0.1, 0.15) is 44.1 Å². The van der Waals surface area contributed by atoms with Crippen LogP contribution in [0.15, 0.2) is 54.6 Å². The molecule has 174 valence electrons. The molecule has 1 aromatic heterocycles. The van der Waals surface area contributed by atoms with Crippen LogP contribution in [0.5, 0.6) is 6.01 Å². The van der Waals surface area contributed by atoms with Crippen molar-refractivity contribution in [3.8, 4) is 17.4 Å². The van der Waals surface area contributed by atoms with Gasteiger partial charge in [-0.05, 0) is 30.0 Å². The van der Waals surface area contributed by atoms with Crippen molar-refractivity contribution < 1.29 is 17.9 Å². The lowest BCUT2D eigenvalue weighted by atomic mass is 9.99. The van der Waals surface area contributed by atoms with Gasteiger partial charge >= 0.3 is 6.01 Å². The molecule has 0 saturated heterocycles. The van der Waals surface area contributed by atoms with Gasteiger partial charge in [0.1, 0.15) is 5.82 Å². The lowest BCUT2D eigenvalue weighted by Gasteiger charge is -2.18. The number of aromatic nitrogens is 3. The summed E-state index contributed by atoms with van der Waals surface area (Å²) in [5.41, 5.74) is 1.53. The normalized spacial score (nSPS) is 14.4. The molecule has 0 amide bonds. The van der Waals surface area contributed by atoms with Crippen LogP contribution >= 0.6 is 0 Å². The highest BCUT2D eigenvalue weighted by atomic mass is 19.3. The minimum Gasteiger partial charge on any atom is -0.457 e. The average molecular weight is 457 g/mol. The van der Waals surface area contributed by atoms with Crippen LogP contribution in [0.4, 0.5) is 19.1 Å². The van der Waals surface area contributed by atoms with Gasteiger partial charge in [0.05, 0.1) is 0 Å². The van der Waals surface area contributed by atoms with Crippen LogP contribution in [0.3, 0.4) is 0 Å². The van der Waals surface area contributed by atoms with Gasteiger partial charge in [0.15, 0.2) is 12.4 Å². The van der Waals surface area contributed by atoms with Crippen LogP contribution < -0.4 is 10.1 Å². The molecule has 4 rings (SSSR count). The molecular weight excluding hydrogens is 429 g/mol. The highest BCUT2D eigenvalue weighted by molar-refractivity contribution is 5.56. The molecule has 1 saturated carbocycles. The van der Waals surface area contributed by atoms with Crippen LogP contribution in [0, 0.1) is 11.7 Å². The van der Waals surface area contributed by atoms with Gasteiger partial charge in [-0.1, -0.05) is 68.1 Å². The second-order valence-corrected chi connectivity index (χ2v) is 8.45. The van der Waals surface area contributed by atoms with Gasteiger partial charge in [-0.2, -0.15) is 15.0 Å². The van der Waals surface area contributed by atoms with E-state index < -0.39 is 12.5 Å². The Balaban J connectivity index is 1.45. The Labute approximate surface area is 191 Å². The van der Waals surface area contributed by atoms with Crippen LogP contribution in [0.25, 0.3) is 11.4 Å². The summed E-state index contributed by atoms with van der Waals surface area (Å²) in [5.74, 6) is -2.38. The first-order valence-corrected chi connectivity index (χ1v) is 11.3. The number of nitrogens with zero attached hydrogens (tertiary/aromatic N) is 3. The monoisotopic (exact) mass is 456 g/mol. The van der Waals surface area contributed by atoms with Crippen molar-refractivity contribution in [1.29, 1.82) is 0 Å². The average Bonchev–Trinajstić information content (AvgIpc) is 3.36. The topological polar surface area (TPSA) is 59.9 Å². The third kappa shape index (κ3) is 6.91. The highest BCUT2D eigenvalue weighted by Gasteiger charge is 2.32.